The van der Waals surface area contributed by atoms with Crippen molar-refractivity contribution in [1.29, 1.82) is 0 Å². The summed E-state index contributed by atoms with van der Waals surface area (Å²) in [5.74, 6) is 0.960. The molecule has 0 atom stereocenters. The standard InChI is InChI=1S/C30H56O4S.CH4/c1-6-7-8-9-10-11-12-13-14-15-16-17-18-19-20-21-22-34-29(32)30(4,5)26-35-24-23-33-28(31)25-27(2)3;/h2,6-26H2,1,3-5H3;1H4. The van der Waals surface area contributed by atoms with Gasteiger partial charge in [0.15, 0.2) is 0 Å². The molecule has 0 radical (unpaired) electrons. The molecule has 0 unspecified atom stereocenters. The zero-order chi connectivity index (χ0) is 26.2. The van der Waals surface area contributed by atoms with Crippen LogP contribution >= 0.6 is 11.8 Å². The van der Waals surface area contributed by atoms with Crippen LogP contribution in [0.5, 0.6) is 0 Å². The van der Waals surface area contributed by atoms with Crippen molar-refractivity contribution in [2.24, 2.45) is 5.41 Å². The number of carbonyl (C=O) groups is 2. The maximum atomic E-state index is 12.4. The predicted molar refractivity (Wildman–Crippen MR) is 159 cm³/mol. The molecule has 5 heteroatoms. The number of rotatable bonds is 25. The largest absolute Gasteiger partial charge is 0.465 e. The van der Waals surface area contributed by atoms with E-state index in [4.69, 9.17) is 9.47 Å². The van der Waals surface area contributed by atoms with E-state index in [9.17, 15) is 9.59 Å². The van der Waals surface area contributed by atoms with E-state index in [0.29, 0.717) is 24.7 Å². The monoisotopic (exact) mass is 528 g/mol. The third-order valence-corrected chi connectivity index (χ3v) is 7.56. The predicted octanol–water partition coefficient (Wildman–Crippen LogP) is 9.70. The summed E-state index contributed by atoms with van der Waals surface area (Å²) < 4.78 is 10.7. The number of hydrogen-bond acceptors (Lipinski definition) is 5. The van der Waals surface area contributed by atoms with Gasteiger partial charge in [-0.3, -0.25) is 9.59 Å². The molecular formula is C31H60O4S. The van der Waals surface area contributed by atoms with Crippen molar-refractivity contribution < 1.29 is 19.1 Å². The van der Waals surface area contributed by atoms with Gasteiger partial charge in [-0.2, -0.15) is 11.8 Å². The highest BCUT2D eigenvalue weighted by Crippen LogP contribution is 2.24. The lowest BCUT2D eigenvalue weighted by Crippen LogP contribution is -2.29. The highest BCUT2D eigenvalue weighted by atomic mass is 32.2. The van der Waals surface area contributed by atoms with Crippen molar-refractivity contribution in [2.45, 2.75) is 144 Å². The first-order valence-corrected chi connectivity index (χ1v) is 15.5. The Balaban J connectivity index is 0. The third-order valence-electron chi connectivity index (χ3n) is 6.18. The van der Waals surface area contributed by atoms with Gasteiger partial charge in [0.2, 0.25) is 0 Å². The summed E-state index contributed by atoms with van der Waals surface area (Å²) in [5, 5.41) is 0. The van der Waals surface area contributed by atoms with E-state index in [1.807, 2.05) is 20.8 Å². The number of hydrogen-bond donors (Lipinski definition) is 0. The van der Waals surface area contributed by atoms with Gasteiger partial charge >= 0.3 is 11.9 Å². The first kappa shape index (κ1) is 37.2. The Morgan fingerprint density at radius 3 is 1.61 bits per heavy atom. The Hall–Kier alpha value is -0.970. The molecule has 0 aromatic heterocycles. The summed E-state index contributed by atoms with van der Waals surface area (Å²) in [6, 6.07) is 0. The molecule has 0 amide bonds. The maximum absolute atomic E-state index is 12.4. The third kappa shape index (κ3) is 24.7. The lowest BCUT2D eigenvalue weighted by Gasteiger charge is -2.22. The number of esters is 2. The molecule has 0 aromatic rings. The first-order chi connectivity index (χ1) is 16.8. The van der Waals surface area contributed by atoms with Gasteiger partial charge in [-0.25, -0.2) is 0 Å². The summed E-state index contributed by atoms with van der Waals surface area (Å²) in [7, 11) is 0. The Morgan fingerprint density at radius 2 is 1.17 bits per heavy atom. The molecule has 0 aliphatic rings. The molecule has 0 saturated heterocycles. The molecule has 0 fully saturated rings. The average Bonchev–Trinajstić information content (AvgIpc) is 2.80. The van der Waals surface area contributed by atoms with Crippen molar-refractivity contribution in [3.8, 4) is 0 Å². The smallest absolute Gasteiger partial charge is 0.312 e. The van der Waals surface area contributed by atoms with Gasteiger partial charge in [-0.1, -0.05) is 123 Å². The Kier molecular flexibility index (Phi) is 26.5. The summed E-state index contributed by atoms with van der Waals surface area (Å²) in [6.07, 6.45) is 21.7. The van der Waals surface area contributed by atoms with Crippen LogP contribution in [0.3, 0.4) is 0 Å². The molecule has 0 spiro atoms. The van der Waals surface area contributed by atoms with Crippen LogP contribution in [0, 0.1) is 5.41 Å². The number of unbranched alkanes of at least 4 members (excludes halogenated alkanes) is 15. The molecule has 0 bridgehead atoms. The van der Waals surface area contributed by atoms with Crippen LogP contribution in [0.25, 0.3) is 0 Å². The lowest BCUT2D eigenvalue weighted by molar-refractivity contribution is -0.152. The number of thioether (sulfide) groups is 1. The van der Waals surface area contributed by atoms with Gasteiger partial charge in [-0.05, 0) is 27.2 Å². The van der Waals surface area contributed by atoms with E-state index in [-0.39, 0.29) is 25.8 Å². The Labute approximate surface area is 229 Å². The quantitative estimate of drug-likeness (QED) is 0.0670. The molecule has 0 N–H and O–H groups in total. The number of ether oxygens (including phenoxy) is 2. The first-order valence-electron chi connectivity index (χ1n) is 14.3. The molecule has 0 aliphatic carbocycles. The van der Waals surface area contributed by atoms with E-state index in [2.05, 4.69) is 13.5 Å². The Bertz CT molecular complexity index is 545. The minimum atomic E-state index is -0.526. The summed E-state index contributed by atoms with van der Waals surface area (Å²) in [6.45, 7) is 12.5. The fraction of sp³-hybridized carbons (Fsp3) is 0.871. The molecule has 0 saturated carbocycles. The molecule has 0 aliphatic heterocycles. The Morgan fingerprint density at radius 1 is 0.722 bits per heavy atom. The number of carbonyl (C=O) groups excluding carboxylic acids is 2. The van der Waals surface area contributed by atoms with Crippen molar-refractivity contribution in [1.82, 2.24) is 0 Å². The lowest BCUT2D eigenvalue weighted by atomic mass is 9.97. The van der Waals surface area contributed by atoms with Crippen LogP contribution in [-0.2, 0) is 19.1 Å². The van der Waals surface area contributed by atoms with Gasteiger partial charge in [0.25, 0.3) is 0 Å². The zero-order valence-corrected chi connectivity index (χ0v) is 24.4. The fourth-order valence-corrected chi connectivity index (χ4v) is 4.88. The van der Waals surface area contributed by atoms with Crippen LogP contribution in [-0.4, -0.2) is 36.7 Å². The van der Waals surface area contributed by atoms with E-state index >= 15 is 0 Å². The zero-order valence-electron chi connectivity index (χ0n) is 23.6. The van der Waals surface area contributed by atoms with Gasteiger partial charge in [0.1, 0.15) is 6.61 Å². The van der Waals surface area contributed by atoms with Crippen molar-refractivity contribution in [2.75, 3.05) is 24.7 Å². The van der Waals surface area contributed by atoms with Gasteiger partial charge < -0.3 is 9.47 Å². The van der Waals surface area contributed by atoms with Crippen LogP contribution < -0.4 is 0 Å². The van der Waals surface area contributed by atoms with Crippen molar-refractivity contribution in [3.63, 3.8) is 0 Å². The molecule has 0 aromatic carbocycles. The second-order valence-corrected chi connectivity index (χ2v) is 11.8. The van der Waals surface area contributed by atoms with Crippen LogP contribution in [0.15, 0.2) is 12.2 Å². The molecule has 4 nitrogen and oxygen atoms in total. The topological polar surface area (TPSA) is 52.6 Å². The van der Waals surface area contributed by atoms with E-state index in [1.54, 1.807) is 11.8 Å². The SMILES string of the molecule is C.C=C(C)CC(=O)OCCSCC(C)(C)C(=O)OCCCCCCCCCCCCCCCCCC. The van der Waals surface area contributed by atoms with Crippen LogP contribution in [0.4, 0.5) is 0 Å². The van der Waals surface area contributed by atoms with E-state index in [0.717, 1.165) is 18.4 Å². The maximum Gasteiger partial charge on any atom is 0.312 e. The van der Waals surface area contributed by atoms with Crippen molar-refractivity contribution in [3.05, 3.63) is 12.2 Å². The summed E-state index contributed by atoms with van der Waals surface area (Å²) in [4.78, 5) is 23.9. The van der Waals surface area contributed by atoms with Gasteiger partial charge in [-0.15, -0.1) is 0 Å². The second kappa shape index (κ2) is 25.7. The molecule has 0 rings (SSSR count). The van der Waals surface area contributed by atoms with Crippen LogP contribution in [0.2, 0.25) is 0 Å². The molecular weight excluding hydrogens is 468 g/mol. The van der Waals surface area contributed by atoms with Gasteiger partial charge in [0, 0.05) is 11.5 Å². The highest BCUT2D eigenvalue weighted by molar-refractivity contribution is 7.99. The van der Waals surface area contributed by atoms with Crippen molar-refractivity contribution >= 4 is 23.7 Å². The molecule has 0 heterocycles. The summed E-state index contributed by atoms with van der Waals surface area (Å²) >= 11 is 1.61. The highest BCUT2D eigenvalue weighted by Gasteiger charge is 2.29. The molecule has 36 heavy (non-hydrogen) atoms. The summed E-state index contributed by atoms with van der Waals surface area (Å²) in [5.41, 5.74) is 0.275. The minimum Gasteiger partial charge on any atom is -0.465 e. The van der Waals surface area contributed by atoms with E-state index in [1.165, 1.54) is 89.9 Å². The second-order valence-electron chi connectivity index (χ2n) is 10.7. The minimum absolute atomic E-state index is 0. The molecule has 214 valence electrons. The van der Waals surface area contributed by atoms with E-state index < -0.39 is 5.41 Å². The van der Waals surface area contributed by atoms with Gasteiger partial charge in [0.05, 0.1) is 18.4 Å². The van der Waals surface area contributed by atoms with Crippen LogP contribution in [0.1, 0.15) is 144 Å². The normalized spacial score (nSPS) is 11.1. The fourth-order valence-electron chi connectivity index (χ4n) is 3.91. The average molecular weight is 529 g/mol.